The minimum absolute atomic E-state index is 0.0377. The zero-order valence-electron chi connectivity index (χ0n) is 7.07. The molecule has 0 heterocycles. The molecule has 1 aromatic rings. The van der Waals surface area contributed by atoms with E-state index in [4.69, 9.17) is 23.2 Å². The summed E-state index contributed by atoms with van der Waals surface area (Å²) in [5.74, 6) is 1.08. The molecule has 0 fully saturated rings. The number of nitrogens with zero attached hydrogens (tertiary/aromatic N) is 1. The Balaban J connectivity index is 3.02. The van der Waals surface area contributed by atoms with Crippen LogP contribution in [0.25, 0.3) is 0 Å². The maximum atomic E-state index is 10.7. The highest BCUT2D eigenvalue weighted by Crippen LogP contribution is 2.34. The van der Waals surface area contributed by atoms with Gasteiger partial charge in [-0.25, -0.2) is 0 Å². The van der Waals surface area contributed by atoms with Crippen molar-refractivity contribution >= 4 is 40.7 Å². The van der Waals surface area contributed by atoms with E-state index >= 15 is 0 Å². The van der Waals surface area contributed by atoms with Crippen LogP contribution in [0.1, 0.15) is 0 Å². The van der Waals surface area contributed by atoms with E-state index in [2.05, 4.69) is 0 Å². The summed E-state index contributed by atoms with van der Waals surface area (Å²) in [7, 11) is 0. The van der Waals surface area contributed by atoms with Crippen molar-refractivity contribution in [2.45, 2.75) is 4.90 Å². The van der Waals surface area contributed by atoms with E-state index in [9.17, 15) is 10.1 Å². The Morgan fingerprint density at radius 3 is 2.79 bits per heavy atom. The van der Waals surface area contributed by atoms with Gasteiger partial charge in [0.15, 0.2) is 0 Å². The van der Waals surface area contributed by atoms with E-state index in [1.165, 1.54) is 17.8 Å². The SMILES string of the molecule is O=[N+]([O-])c1c(Cl)cccc1SCCCl. The number of para-hydroxylation sites is 1. The van der Waals surface area contributed by atoms with Crippen LogP contribution in [0.5, 0.6) is 0 Å². The van der Waals surface area contributed by atoms with Crippen molar-refractivity contribution in [3.8, 4) is 0 Å². The zero-order valence-corrected chi connectivity index (χ0v) is 9.40. The molecule has 76 valence electrons. The van der Waals surface area contributed by atoms with Gasteiger partial charge < -0.3 is 0 Å². The molecule has 0 aliphatic carbocycles. The fourth-order valence-electron chi connectivity index (χ4n) is 0.938. The molecular formula is C8H7Cl2NO2S. The lowest BCUT2D eigenvalue weighted by atomic mass is 10.3. The van der Waals surface area contributed by atoms with Gasteiger partial charge in [0.2, 0.25) is 0 Å². The summed E-state index contributed by atoms with van der Waals surface area (Å²) in [6, 6.07) is 4.86. The Morgan fingerprint density at radius 1 is 1.50 bits per heavy atom. The first-order valence-electron chi connectivity index (χ1n) is 3.78. The third kappa shape index (κ3) is 2.77. The van der Waals surface area contributed by atoms with Gasteiger partial charge in [0.1, 0.15) is 5.02 Å². The summed E-state index contributed by atoms with van der Waals surface area (Å²) < 4.78 is 0. The average molecular weight is 252 g/mol. The molecule has 1 rings (SSSR count). The highest BCUT2D eigenvalue weighted by atomic mass is 35.5. The Hall–Kier alpha value is -0.450. The first-order valence-corrected chi connectivity index (χ1v) is 5.68. The smallest absolute Gasteiger partial charge is 0.258 e. The number of hydrogen-bond acceptors (Lipinski definition) is 3. The maximum Gasteiger partial charge on any atom is 0.301 e. The molecule has 0 atom stereocenters. The number of nitro benzene ring substituents is 1. The lowest BCUT2D eigenvalue weighted by Gasteiger charge is -2.01. The Kier molecular flexibility index (Phi) is 4.51. The molecule has 6 heteroatoms. The van der Waals surface area contributed by atoms with Crippen molar-refractivity contribution in [3.05, 3.63) is 33.3 Å². The number of rotatable bonds is 4. The Bertz CT molecular complexity index is 346. The first kappa shape index (κ1) is 11.6. The molecule has 0 aromatic heterocycles. The normalized spacial score (nSPS) is 10.1. The lowest BCUT2D eigenvalue weighted by molar-refractivity contribution is -0.387. The van der Waals surface area contributed by atoms with Crippen LogP contribution in [0.2, 0.25) is 5.02 Å². The summed E-state index contributed by atoms with van der Waals surface area (Å²) in [6.07, 6.45) is 0. The fraction of sp³-hybridized carbons (Fsp3) is 0.250. The number of benzene rings is 1. The number of alkyl halides is 1. The largest absolute Gasteiger partial charge is 0.301 e. The molecule has 0 radical (unpaired) electrons. The van der Waals surface area contributed by atoms with Crippen molar-refractivity contribution in [3.63, 3.8) is 0 Å². The summed E-state index contributed by atoms with van der Waals surface area (Å²) in [5.41, 5.74) is -0.0377. The van der Waals surface area contributed by atoms with Crippen LogP contribution in [-0.4, -0.2) is 16.6 Å². The standard InChI is InChI=1S/C8H7Cl2NO2S/c9-4-5-14-7-3-1-2-6(10)8(7)11(12)13/h1-3H,4-5H2. The third-order valence-electron chi connectivity index (χ3n) is 1.47. The molecule has 3 nitrogen and oxygen atoms in total. The second kappa shape index (κ2) is 5.44. The van der Waals surface area contributed by atoms with E-state index in [-0.39, 0.29) is 10.7 Å². The van der Waals surface area contributed by atoms with Gasteiger partial charge in [-0.1, -0.05) is 17.7 Å². The topological polar surface area (TPSA) is 43.1 Å². The molecule has 0 spiro atoms. The summed E-state index contributed by atoms with van der Waals surface area (Å²) in [6.45, 7) is 0. The Morgan fingerprint density at radius 2 is 2.21 bits per heavy atom. The van der Waals surface area contributed by atoms with Crippen molar-refractivity contribution in [1.29, 1.82) is 0 Å². The third-order valence-corrected chi connectivity index (χ3v) is 3.23. The maximum absolute atomic E-state index is 10.7. The predicted octanol–water partition coefficient (Wildman–Crippen LogP) is 3.58. The average Bonchev–Trinajstić information content (AvgIpc) is 2.14. The van der Waals surface area contributed by atoms with E-state index < -0.39 is 4.92 Å². The molecule has 0 amide bonds. The van der Waals surface area contributed by atoms with Gasteiger partial charge >= 0.3 is 5.69 Å². The van der Waals surface area contributed by atoms with E-state index in [1.54, 1.807) is 12.1 Å². The molecule has 0 unspecified atom stereocenters. The molecule has 0 aliphatic rings. The molecule has 0 saturated carbocycles. The monoisotopic (exact) mass is 251 g/mol. The van der Waals surface area contributed by atoms with E-state index in [0.29, 0.717) is 16.5 Å². The molecule has 1 aromatic carbocycles. The Labute approximate surface area is 95.5 Å². The van der Waals surface area contributed by atoms with Crippen LogP contribution in [0.4, 0.5) is 5.69 Å². The van der Waals surface area contributed by atoms with Crippen LogP contribution in [0, 0.1) is 10.1 Å². The second-order valence-corrected chi connectivity index (χ2v) is 4.30. The number of nitro groups is 1. The van der Waals surface area contributed by atoms with Crippen LogP contribution in [0.15, 0.2) is 23.1 Å². The molecule has 0 aliphatic heterocycles. The first-order chi connectivity index (χ1) is 6.66. The highest BCUT2D eigenvalue weighted by molar-refractivity contribution is 7.99. The zero-order chi connectivity index (χ0) is 10.6. The minimum atomic E-state index is -0.473. The van der Waals surface area contributed by atoms with Gasteiger partial charge in [0.25, 0.3) is 0 Å². The van der Waals surface area contributed by atoms with Crippen LogP contribution >= 0.6 is 35.0 Å². The van der Waals surface area contributed by atoms with Gasteiger partial charge in [-0.05, 0) is 12.1 Å². The van der Waals surface area contributed by atoms with E-state index in [1.807, 2.05) is 0 Å². The fourth-order valence-corrected chi connectivity index (χ4v) is 2.26. The lowest BCUT2D eigenvalue weighted by Crippen LogP contribution is -1.92. The number of halogens is 2. The summed E-state index contributed by atoms with van der Waals surface area (Å²) in [4.78, 5) is 10.8. The van der Waals surface area contributed by atoms with Crippen LogP contribution in [-0.2, 0) is 0 Å². The molecule has 0 bridgehead atoms. The molecule has 0 N–H and O–H groups in total. The number of hydrogen-bond donors (Lipinski definition) is 0. The van der Waals surface area contributed by atoms with Crippen LogP contribution in [0.3, 0.4) is 0 Å². The van der Waals surface area contributed by atoms with Crippen molar-refractivity contribution in [2.24, 2.45) is 0 Å². The van der Waals surface area contributed by atoms with Crippen molar-refractivity contribution in [2.75, 3.05) is 11.6 Å². The molecule has 0 saturated heterocycles. The van der Waals surface area contributed by atoms with Gasteiger partial charge in [0, 0.05) is 11.6 Å². The number of thioether (sulfide) groups is 1. The summed E-state index contributed by atoms with van der Waals surface area (Å²) >= 11 is 12.5. The molecular weight excluding hydrogens is 245 g/mol. The van der Waals surface area contributed by atoms with Gasteiger partial charge in [-0.2, -0.15) is 0 Å². The van der Waals surface area contributed by atoms with Gasteiger partial charge in [-0.15, -0.1) is 23.4 Å². The highest BCUT2D eigenvalue weighted by Gasteiger charge is 2.17. The summed E-state index contributed by atoms with van der Waals surface area (Å²) in [5, 5.41) is 10.8. The van der Waals surface area contributed by atoms with Gasteiger partial charge in [0.05, 0.1) is 9.82 Å². The van der Waals surface area contributed by atoms with Crippen molar-refractivity contribution in [1.82, 2.24) is 0 Å². The quantitative estimate of drug-likeness (QED) is 0.356. The minimum Gasteiger partial charge on any atom is -0.258 e. The molecule has 14 heavy (non-hydrogen) atoms. The predicted molar refractivity (Wildman–Crippen MR) is 59.6 cm³/mol. The van der Waals surface area contributed by atoms with E-state index in [0.717, 1.165) is 0 Å². The van der Waals surface area contributed by atoms with Crippen molar-refractivity contribution < 1.29 is 4.92 Å². The van der Waals surface area contributed by atoms with Gasteiger partial charge in [-0.3, -0.25) is 10.1 Å². The second-order valence-electron chi connectivity index (χ2n) is 2.38. The van der Waals surface area contributed by atoms with Crippen LogP contribution < -0.4 is 0 Å².